The van der Waals surface area contributed by atoms with Crippen LogP contribution >= 0.6 is 0 Å². The molecule has 1 amide bonds. The molecule has 3 aromatic rings. The Labute approximate surface area is 184 Å². The largest absolute Gasteiger partial charge is 0.449 e. The Bertz CT molecular complexity index is 1090. The van der Waals surface area contributed by atoms with Crippen LogP contribution in [0.25, 0.3) is 11.1 Å². The third kappa shape index (κ3) is 4.32. The topological polar surface area (TPSA) is 122 Å². The van der Waals surface area contributed by atoms with Crippen LogP contribution in [0.15, 0.2) is 72.8 Å². The molecular weight excluding hydrogens is 412 g/mol. The quantitative estimate of drug-likeness (QED) is 0.386. The van der Waals surface area contributed by atoms with E-state index in [1.165, 1.54) is 24.3 Å². The Morgan fingerprint density at radius 2 is 1.53 bits per heavy atom. The van der Waals surface area contributed by atoms with Crippen LogP contribution in [0.1, 0.15) is 28.7 Å². The lowest BCUT2D eigenvalue weighted by molar-refractivity contribution is -0.384. The maximum atomic E-state index is 12.2. The van der Waals surface area contributed by atoms with E-state index in [-0.39, 0.29) is 24.8 Å². The molecule has 32 heavy (non-hydrogen) atoms. The van der Waals surface area contributed by atoms with Gasteiger partial charge < -0.3 is 20.3 Å². The molecule has 3 N–H and O–H groups in total. The summed E-state index contributed by atoms with van der Waals surface area (Å²) in [5, 5.41) is 33.6. The van der Waals surface area contributed by atoms with Crippen LogP contribution in [-0.4, -0.2) is 40.5 Å². The fraction of sp³-hybridized carbons (Fsp3) is 0.208. The van der Waals surface area contributed by atoms with Crippen molar-refractivity contribution in [3.05, 3.63) is 99.6 Å². The summed E-state index contributed by atoms with van der Waals surface area (Å²) in [6.45, 7) is -0.101. The van der Waals surface area contributed by atoms with Crippen LogP contribution < -0.4 is 5.32 Å². The first-order chi connectivity index (χ1) is 15.5. The number of alkyl carbamates (subject to hydrolysis) is 1. The molecule has 1 aliphatic carbocycles. The van der Waals surface area contributed by atoms with E-state index in [9.17, 15) is 25.1 Å². The van der Waals surface area contributed by atoms with E-state index in [1.54, 1.807) is 0 Å². The molecule has 2 atom stereocenters. The highest BCUT2D eigenvalue weighted by Gasteiger charge is 2.29. The Kier molecular flexibility index (Phi) is 6.16. The number of carbonyl (C=O) groups excluding carboxylic acids is 1. The third-order valence-electron chi connectivity index (χ3n) is 5.61. The number of hydrogen-bond acceptors (Lipinski definition) is 6. The predicted octanol–water partition coefficient (Wildman–Crippen LogP) is 3.53. The number of nitro groups is 1. The molecule has 0 spiro atoms. The van der Waals surface area contributed by atoms with Gasteiger partial charge in [0.05, 0.1) is 4.92 Å². The number of nitrogens with zero attached hydrogens (tertiary/aromatic N) is 1. The van der Waals surface area contributed by atoms with E-state index in [0.29, 0.717) is 5.56 Å². The molecule has 2 unspecified atom stereocenters. The average Bonchev–Trinajstić information content (AvgIpc) is 3.14. The summed E-state index contributed by atoms with van der Waals surface area (Å²) in [6, 6.07) is 21.2. The predicted molar refractivity (Wildman–Crippen MR) is 117 cm³/mol. The van der Waals surface area contributed by atoms with Gasteiger partial charge in [-0.3, -0.25) is 10.1 Å². The van der Waals surface area contributed by atoms with Gasteiger partial charge in [0.25, 0.3) is 5.69 Å². The van der Waals surface area contributed by atoms with Gasteiger partial charge in [-0.15, -0.1) is 0 Å². The minimum atomic E-state index is -1.32. The number of benzene rings is 3. The molecule has 0 heterocycles. The van der Waals surface area contributed by atoms with E-state index >= 15 is 0 Å². The second kappa shape index (κ2) is 9.17. The first kappa shape index (κ1) is 21.5. The zero-order valence-corrected chi connectivity index (χ0v) is 17.0. The van der Waals surface area contributed by atoms with Gasteiger partial charge in [-0.25, -0.2) is 4.79 Å². The van der Waals surface area contributed by atoms with Crippen molar-refractivity contribution in [3.63, 3.8) is 0 Å². The normalized spacial score (nSPS) is 14.2. The zero-order chi connectivity index (χ0) is 22.7. The first-order valence-electron chi connectivity index (χ1n) is 10.1. The van der Waals surface area contributed by atoms with Crippen molar-refractivity contribution >= 4 is 11.8 Å². The number of rotatable bonds is 7. The van der Waals surface area contributed by atoms with Crippen LogP contribution in [0.4, 0.5) is 10.5 Å². The Morgan fingerprint density at radius 3 is 2.09 bits per heavy atom. The van der Waals surface area contributed by atoms with Crippen LogP contribution in [0.5, 0.6) is 0 Å². The Hall–Kier alpha value is -3.75. The maximum Gasteiger partial charge on any atom is 0.407 e. The van der Waals surface area contributed by atoms with Crippen LogP contribution in [0.2, 0.25) is 0 Å². The Morgan fingerprint density at radius 1 is 0.969 bits per heavy atom. The molecule has 0 aliphatic heterocycles. The summed E-state index contributed by atoms with van der Waals surface area (Å²) >= 11 is 0. The highest BCUT2D eigenvalue weighted by atomic mass is 16.6. The minimum absolute atomic E-state index is 0.0798. The highest BCUT2D eigenvalue weighted by Crippen LogP contribution is 2.44. The van der Waals surface area contributed by atoms with Crippen LogP contribution in [-0.2, 0) is 4.74 Å². The van der Waals surface area contributed by atoms with E-state index in [4.69, 9.17) is 4.74 Å². The second-order valence-corrected chi connectivity index (χ2v) is 7.57. The summed E-state index contributed by atoms with van der Waals surface area (Å²) < 4.78 is 5.40. The summed E-state index contributed by atoms with van der Waals surface area (Å²) in [4.78, 5) is 22.4. The smallest absolute Gasteiger partial charge is 0.407 e. The molecule has 3 aromatic carbocycles. The van der Waals surface area contributed by atoms with Gasteiger partial charge in [-0.2, -0.15) is 0 Å². The lowest BCUT2D eigenvalue weighted by Crippen LogP contribution is -2.36. The first-order valence-corrected chi connectivity index (χ1v) is 10.1. The number of nitro benzene ring substituents is 1. The number of fused-ring (bicyclic) bond motifs is 3. The summed E-state index contributed by atoms with van der Waals surface area (Å²) in [7, 11) is 0. The molecule has 0 saturated carbocycles. The molecule has 8 heteroatoms. The molecule has 0 bridgehead atoms. The fourth-order valence-electron chi connectivity index (χ4n) is 3.96. The van der Waals surface area contributed by atoms with Gasteiger partial charge in [-0.05, 0) is 39.9 Å². The van der Waals surface area contributed by atoms with Crippen molar-refractivity contribution in [2.24, 2.45) is 0 Å². The number of ether oxygens (including phenoxy) is 1. The molecule has 4 rings (SSSR count). The van der Waals surface area contributed by atoms with Crippen molar-refractivity contribution in [2.75, 3.05) is 13.2 Å². The van der Waals surface area contributed by atoms with E-state index in [1.807, 2.05) is 48.5 Å². The monoisotopic (exact) mass is 434 g/mol. The molecule has 1 aliphatic rings. The van der Waals surface area contributed by atoms with Gasteiger partial charge in [-0.1, -0.05) is 48.5 Å². The molecule has 164 valence electrons. The van der Waals surface area contributed by atoms with E-state index in [0.717, 1.165) is 22.3 Å². The molecule has 0 saturated heterocycles. The summed E-state index contributed by atoms with van der Waals surface area (Å²) in [5.74, 6) is -0.0798. The summed E-state index contributed by atoms with van der Waals surface area (Å²) in [5.41, 5.74) is 4.62. The van der Waals surface area contributed by atoms with E-state index < -0.39 is 23.2 Å². The lowest BCUT2D eigenvalue weighted by Gasteiger charge is -2.19. The number of aliphatic hydroxyl groups excluding tert-OH is 2. The zero-order valence-electron chi connectivity index (χ0n) is 17.0. The molecule has 8 nitrogen and oxygen atoms in total. The Balaban J connectivity index is 1.32. The second-order valence-electron chi connectivity index (χ2n) is 7.57. The third-order valence-corrected chi connectivity index (χ3v) is 5.61. The van der Waals surface area contributed by atoms with Crippen LogP contribution in [0.3, 0.4) is 0 Å². The van der Waals surface area contributed by atoms with Crippen molar-refractivity contribution in [3.8, 4) is 11.1 Å². The van der Waals surface area contributed by atoms with Crippen molar-refractivity contribution < 1.29 is 24.7 Å². The number of amides is 1. The number of non-ortho nitro benzene ring substituents is 1. The van der Waals surface area contributed by atoms with Crippen LogP contribution in [0, 0.1) is 10.1 Å². The maximum absolute atomic E-state index is 12.2. The standard InChI is InChI=1S/C24H22N2O6/c27-22(23(28)15-9-11-16(12-10-15)26(30)31)13-25-24(29)32-14-21-19-7-3-1-5-17(19)18-6-2-4-8-20(18)21/h1-12,21-23,27-28H,13-14H2,(H,25,29). The summed E-state index contributed by atoms with van der Waals surface area (Å²) in [6.07, 6.45) is -3.33. The van der Waals surface area contributed by atoms with E-state index in [2.05, 4.69) is 5.32 Å². The number of nitrogens with one attached hydrogen (secondary N) is 1. The number of carbonyl (C=O) groups is 1. The minimum Gasteiger partial charge on any atom is -0.449 e. The fourth-order valence-corrected chi connectivity index (χ4v) is 3.96. The van der Waals surface area contributed by atoms with Crippen molar-refractivity contribution in [2.45, 2.75) is 18.1 Å². The molecular formula is C24H22N2O6. The molecule has 0 radical (unpaired) electrons. The van der Waals surface area contributed by atoms with Gasteiger partial charge in [0.2, 0.25) is 0 Å². The van der Waals surface area contributed by atoms with Crippen molar-refractivity contribution in [1.29, 1.82) is 0 Å². The molecule has 0 aromatic heterocycles. The average molecular weight is 434 g/mol. The lowest BCUT2D eigenvalue weighted by atomic mass is 9.98. The van der Waals surface area contributed by atoms with Gasteiger partial charge >= 0.3 is 6.09 Å². The van der Waals surface area contributed by atoms with Gasteiger partial charge in [0, 0.05) is 24.6 Å². The highest BCUT2D eigenvalue weighted by molar-refractivity contribution is 5.79. The number of aliphatic hydroxyl groups is 2. The molecule has 0 fully saturated rings. The van der Waals surface area contributed by atoms with Crippen molar-refractivity contribution in [1.82, 2.24) is 5.32 Å². The number of hydrogen-bond donors (Lipinski definition) is 3. The van der Waals surface area contributed by atoms with Gasteiger partial charge in [0.1, 0.15) is 18.8 Å². The SMILES string of the molecule is O=C(NCC(O)C(O)c1ccc([N+](=O)[O-])cc1)OCC1c2ccccc2-c2ccccc21. The van der Waals surface area contributed by atoms with Gasteiger partial charge in [0.15, 0.2) is 0 Å².